The molecule has 0 amide bonds. The summed E-state index contributed by atoms with van der Waals surface area (Å²) in [6.45, 7) is 1.66. The second-order valence-electron chi connectivity index (χ2n) is 4.55. The number of benzene rings is 1. The normalized spacial score (nSPS) is 11.3. The van der Waals surface area contributed by atoms with E-state index in [-0.39, 0.29) is 0 Å². The molecule has 2 heterocycles. The number of alkyl halides is 1. The highest BCUT2D eigenvalue weighted by atomic mass is 35.5. The summed E-state index contributed by atoms with van der Waals surface area (Å²) in [5, 5.41) is 0.721. The van der Waals surface area contributed by atoms with Crippen LogP contribution in [-0.2, 0) is 19.5 Å². The fraction of sp³-hybridized carbons (Fsp3) is 0.286. The molecule has 4 nitrogen and oxygen atoms in total. The predicted octanol–water partition coefficient (Wildman–Crippen LogP) is 3.37. The van der Waals surface area contributed by atoms with Gasteiger partial charge in [0.1, 0.15) is 5.82 Å². The van der Waals surface area contributed by atoms with Crippen LogP contribution in [0.5, 0.6) is 0 Å². The van der Waals surface area contributed by atoms with Gasteiger partial charge in [-0.1, -0.05) is 11.6 Å². The van der Waals surface area contributed by atoms with Crippen LogP contribution in [0.4, 0.5) is 0 Å². The van der Waals surface area contributed by atoms with Crippen LogP contribution in [0.3, 0.4) is 0 Å². The molecule has 0 radical (unpaired) electrons. The molecule has 1 aromatic carbocycles. The zero-order chi connectivity index (χ0) is 13.9. The monoisotopic (exact) mass is 308 g/mol. The molecule has 0 saturated heterocycles. The fourth-order valence-electron chi connectivity index (χ4n) is 2.31. The van der Waals surface area contributed by atoms with E-state index >= 15 is 0 Å². The van der Waals surface area contributed by atoms with Crippen molar-refractivity contribution in [3.63, 3.8) is 0 Å². The first-order chi connectivity index (χ1) is 9.78. The van der Waals surface area contributed by atoms with Gasteiger partial charge in [-0.3, -0.25) is 0 Å². The molecule has 0 spiro atoms. The highest BCUT2D eigenvalue weighted by Crippen LogP contribution is 2.21. The third kappa shape index (κ3) is 2.67. The summed E-state index contributed by atoms with van der Waals surface area (Å²) in [5.41, 5.74) is 2.01. The van der Waals surface area contributed by atoms with Crippen molar-refractivity contribution in [3.8, 4) is 0 Å². The van der Waals surface area contributed by atoms with Crippen LogP contribution >= 0.6 is 23.2 Å². The number of imidazole rings is 2. The first-order valence-electron chi connectivity index (χ1n) is 6.44. The summed E-state index contributed by atoms with van der Waals surface area (Å²) >= 11 is 12.0. The van der Waals surface area contributed by atoms with E-state index in [0.29, 0.717) is 5.88 Å². The van der Waals surface area contributed by atoms with Gasteiger partial charge in [-0.15, -0.1) is 11.6 Å². The topological polar surface area (TPSA) is 35.6 Å². The largest absolute Gasteiger partial charge is 0.336 e. The standard InChI is InChI=1S/C14H14Cl2N4/c15-4-3-14-18-12-2-1-11(16)9-13(12)20(14)8-7-19-6-5-17-10-19/h1-2,5-6,9-10H,3-4,7-8H2. The molecule has 0 bridgehead atoms. The Morgan fingerprint density at radius 2 is 2.10 bits per heavy atom. The van der Waals surface area contributed by atoms with E-state index in [0.717, 1.165) is 41.4 Å². The molecule has 6 heteroatoms. The van der Waals surface area contributed by atoms with Gasteiger partial charge in [0, 0.05) is 42.8 Å². The van der Waals surface area contributed by atoms with Crippen molar-refractivity contribution in [2.24, 2.45) is 0 Å². The van der Waals surface area contributed by atoms with Gasteiger partial charge in [0.25, 0.3) is 0 Å². The molecule has 3 aromatic rings. The zero-order valence-electron chi connectivity index (χ0n) is 10.8. The van der Waals surface area contributed by atoms with E-state index < -0.39 is 0 Å². The molecule has 0 aliphatic heterocycles. The van der Waals surface area contributed by atoms with Gasteiger partial charge in [0.2, 0.25) is 0 Å². The Balaban J connectivity index is 1.96. The van der Waals surface area contributed by atoms with E-state index in [1.54, 1.807) is 6.20 Å². The molecule has 104 valence electrons. The highest BCUT2D eigenvalue weighted by molar-refractivity contribution is 6.31. The third-order valence-electron chi connectivity index (χ3n) is 3.25. The SMILES string of the molecule is ClCCc1nc2ccc(Cl)cc2n1CCn1ccnc1. The average molecular weight is 309 g/mol. The van der Waals surface area contributed by atoms with E-state index in [1.165, 1.54) is 0 Å². The number of fused-ring (bicyclic) bond motifs is 1. The third-order valence-corrected chi connectivity index (χ3v) is 3.67. The van der Waals surface area contributed by atoms with Crippen molar-refractivity contribution in [2.75, 3.05) is 5.88 Å². The van der Waals surface area contributed by atoms with Crippen LogP contribution in [0, 0.1) is 0 Å². The van der Waals surface area contributed by atoms with Crippen LogP contribution < -0.4 is 0 Å². The molecule has 0 N–H and O–H groups in total. The van der Waals surface area contributed by atoms with Crippen molar-refractivity contribution < 1.29 is 0 Å². The van der Waals surface area contributed by atoms with Gasteiger partial charge in [0.05, 0.1) is 17.4 Å². The molecule has 0 aliphatic rings. The first kappa shape index (κ1) is 13.5. The molecule has 0 aliphatic carbocycles. The number of aromatic nitrogens is 4. The molecule has 3 rings (SSSR count). The Morgan fingerprint density at radius 1 is 1.20 bits per heavy atom. The molecule has 0 saturated carbocycles. The highest BCUT2D eigenvalue weighted by Gasteiger charge is 2.10. The summed E-state index contributed by atoms with van der Waals surface area (Å²) in [6.07, 6.45) is 6.29. The van der Waals surface area contributed by atoms with Crippen molar-refractivity contribution in [3.05, 3.63) is 47.8 Å². The Labute approximate surface area is 127 Å². The summed E-state index contributed by atoms with van der Waals surface area (Å²) in [6, 6.07) is 5.76. The minimum Gasteiger partial charge on any atom is -0.336 e. The number of aryl methyl sites for hydroxylation is 3. The zero-order valence-corrected chi connectivity index (χ0v) is 12.3. The van der Waals surface area contributed by atoms with Gasteiger partial charge >= 0.3 is 0 Å². The van der Waals surface area contributed by atoms with Crippen LogP contribution in [0.2, 0.25) is 5.02 Å². The predicted molar refractivity (Wildman–Crippen MR) is 81.4 cm³/mol. The molecular formula is C14H14Cl2N4. The van der Waals surface area contributed by atoms with Crippen LogP contribution in [0.1, 0.15) is 5.82 Å². The van der Waals surface area contributed by atoms with Crippen molar-refractivity contribution in [1.82, 2.24) is 19.1 Å². The fourth-order valence-corrected chi connectivity index (χ4v) is 2.64. The van der Waals surface area contributed by atoms with Crippen LogP contribution in [0.15, 0.2) is 36.9 Å². The smallest absolute Gasteiger partial charge is 0.111 e. The maximum atomic E-state index is 6.09. The first-order valence-corrected chi connectivity index (χ1v) is 7.35. The Morgan fingerprint density at radius 3 is 2.85 bits per heavy atom. The quantitative estimate of drug-likeness (QED) is 0.677. The maximum Gasteiger partial charge on any atom is 0.111 e. The Bertz CT molecular complexity index is 703. The van der Waals surface area contributed by atoms with Gasteiger partial charge in [-0.2, -0.15) is 0 Å². The summed E-state index contributed by atoms with van der Waals surface area (Å²) in [5.74, 6) is 1.56. The summed E-state index contributed by atoms with van der Waals surface area (Å²) in [4.78, 5) is 8.69. The van der Waals surface area contributed by atoms with Gasteiger partial charge in [-0.05, 0) is 18.2 Å². The van der Waals surface area contributed by atoms with Gasteiger partial charge in [0.15, 0.2) is 0 Å². The Kier molecular flexibility index (Phi) is 3.94. The lowest BCUT2D eigenvalue weighted by Crippen LogP contribution is -2.10. The second-order valence-corrected chi connectivity index (χ2v) is 5.37. The summed E-state index contributed by atoms with van der Waals surface area (Å²) < 4.78 is 4.23. The molecular weight excluding hydrogens is 295 g/mol. The van der Waals surface area contributed by atoms with E-state index in [9.17, 15) is 0 Å². The lowest BCUT2D eigenvalue weighted by Gasteiger charge is -2.09. The van der Waals surface area contributed by atoms with Crippen molar-refractivity contribution in [2.45, 2.75) is 19.5 Å². The molecule has 20 heavy (non-hydrogen) atoms. The molecule has 0 unspecified atom stereocenters. The van der Waals surface area contributed by atoms with E-state index in [4.69, 9.17) is 23.2 Å². The number of hydrogen-bond acceptors (Lipinski definition) is 2. The minimum atomic E-state index is 0.558. The number of nitrogens with zero attached hydrogens (tertiary/aromatic N) is 4. The second kappa shape index (κ2) is 5.85. The molecule has 0 fully saturated rings. The van der Waals surface area contributed by atoms with Crippen LogP contribution in [-0.4, -0.2) is 25.0 Å². The van der Waals surface area contributed by atoms with Crippen molar-refractivity contribution >= 4 is 34.2 Å². The van der Waals surface area contributed by atoms with E-state index in [1.807, 2.05) is 35.3 Å². The number of halogens is 2. The number of hydrogen-bond donors (Lipinski definition) is 0. The van der Waals surface area contributed by atoms with E-state index in [2.05, 4.69) is 14.5 Å². The minimum absolute atomic E-state index is 0.558. The lowest BCUT2D eigenvalue weighted by molar-refractivity contribution is 0.572. The summed E-state index contributed by atoms with van der Waals surface area (Å²) in [7, 11) is 0. The van der Waals surface area contributed by atoms with Gasteiger partial charge in [-0.25, -0.2) is 9.97 Å². The Hall–Kier alpha value is -1.52. The van der Waals surface area contributed by atoms with Crippen LogP contribution in [0.25, 0.3) is 11.0 Å². The van der Waals surface area contributed by atoms with Crippen molar-refractivity contribution in [1.29, 1.82) is 0 Å². The lowest BCUT2D eigenvalue weighted by atomic mass is 10.3. The van der Waals surface area contributed by atoms with Gasteiger partial charge < -0.3 is 9.13 Å². The molecule has 0 atom stereocenters. The average Bonchev–Trinajstić information content (AvgIpc) is 3.04. The maximum absolute atomic E-state index is 6.09. The molecule has 2 aromatic heterocycles. The number of rotatable bonds is 5.